The number of piperazine rings is 1. The zero-order valence-corrected chi connectivity index (χ0v) is 22.8. The number of likely N-dealkylation sites (N-methyl/N-ethyl adjacent to an activating group) is 1. The highest BCUT2D eigenvalue weighted by Crippen LogP contribution is 2.34. The van der Waals surface area contributed by atoms with Crippen LogP contribution in [0.1, 0.15) is 32.1 Å². The van der Waals surface area contributed by atoms with Gasteiger partial charge >= 0.3 is 0 Å². The van der Waals surface area contributed by atoms with Crippen molar-refractivity contribution in [1.29, 1.82) is 0 Å². The van der Waals surface area contributed by atoms with Crippen molar-refractivity contribution >= 4 is 37.4 Å². The maximum Gasteiger partial charge on any atom is 0.248 e. The maximum atomic E-state index is 13.6. The molecule has 0 radical (unpaired) electrons. The van der Waals surface area contributed by atoms with Crippen molar-refractivity contribution < 1.29 is 17.9 Å². The zero-order chi connectivity index (χ0) is 25.1. The Morgan fingerprint density at radius 3 is 2.53 bits per heavy atom. The first-order valence-electron chi connectivity index (χ1n) is 13.2. The number of hydrogen-bond donors (Lipinski definition) is 0. The molecule has 0 saturated carbocycles. The predicted octanol–water partition coefficient (Wildman–Crippen LogP) is 2.70. The van der Waals surface area contributed by atoms with Crippen LogP contribution in [0.5, 0.6) is 0 Å². The van der Waals surface area contributed by atoms with Crippen molar-refractivity contribution in [2.75, 3.05) is 66.1 Å². The summed E-state index contributed by atoms with van der Waals surface area (Å²) in [4.78, 5) is 20.1. The highest BCUT2D eigenvalue weighted by atomic mass is 32.2. The van der Waals surface area contributed by atoms with Crippen LogP contribution < -0.4 is 0 Å². The minimum atomic E-state index is -3.63. The Morgan fingerprint density at radius 2 is 1.75 bits per heavy atom. The van der Waals surface area contributed by atoms with Crippen LogP contribution in [-0.2, 0) is 19.6 Å². The van der Waals surface area contributed by atoms with Crippen LogP contribution in [0.15, 0.2) is 34.5 Å². The second-order valence-corrected chi connectivity index (χ2v) is 13.1. The van der Waals surface area contributed by atoms with E-state index in [4.69, 9.17) is 4.74 Å². The molecule has 8 nitrogen and oxygen atoms in total. The molecule has 1 amide bonds. The molecule has 3 aliphatic heterocycles. The lowest BCUT2D eigenvalue weighted by Gasteiger charge is -2.42. The fourth-order valence-corrected chi connectivity index (χ4v) is 8.93. The van der Waals surface area contributed by atoms with Crippen LogP contribution in [0.25, 0.3) is 10.1 Å². The number of ether oxygens (including phenoxy) is 1. The number of benzene rings is 1. The first-order valence-corrected chi connectivity index (χ1v) is 15.5. The van der Waals surface area contributed by atoms with Crippen molar-refractivity contribution in [3.8, 4) is 0 Å². The number of nitrogens with zero attached hydrogens (tertiary/aromatic N) is 4. The number of carbonyl (C=O) groups is 1. The quantitative estimate of drug-likeness (QED) is 0.544. The van der Waals surface area contributed by atoms with Gasteiger partial charge in [0.2, 0.25) is 15.9 Å². The Labute approximate surface area is 218 Å². The summed E-state index contributed by atoms with van der Waals surface area (Å²) < 4.78 is 35.6. The molecule has 0 N–H and O–H groups in total. The van der Waals surface area contributed by atoms with Gasteiger partial charge in [0.05, 0.1) is 6.61 Å². The number of hydrogen-bond acceptors (Lipinski definition) is 7. The monoisotopic (exact) mass is 534 g/mol. The number of likely N-dealkylation sites (tertiary alicyclic amines) is 1. The highest BCUT2D eigenvalue weighted by molar-refractivity contribution is 7.89. The lowest BCUT2D eigenvalue weighted by Crippen LogP contribution is -2.53. The van der Waals surface area contributed by atoms with E-state index in [9.17, 15) is 13.2 Å². The van der Waals surface area contributed by atoms with Crippen molar-refractivity contribution in [2.24, 2.45) is 0 Å². The molecule has 3 saturated heterocycles. The van der Waals surface area contributed by atoms with Gasteiger partial charge in [0.15, 0.2) is 0 Å². The average molecular weight is 535 g/mol. The third-order valence-corrected chi connectivity index (χ3v) is 11.1. The molecule has 198 valence electrons. The Kier molecular flexibility index (Phi) is 8.29. The second kappa shape index (κ2) is 11.4. The number of rotatable bonds is 7. The smallest absolute Gasteiger partial charge is 0.248 e. The van der Waals surface area contributed by atoms with Gasteiger partial charge in [0.25, 0.3) is 0 Å². The van der Waals surface area contributed by atoms with E-state index in [1.54, 1.807) is 9.69 Å². The fourth-order valence-electron chi connectivity index (χ4n) is 5.78. The zero-order valence-electron chi connectivity index (χ0n) is 21.2. The van der Waals surface area contributed by atoms with Crippen molar-refractivity contribution in [3.63, 3.8) is 0 Å². The summed E-state index contributed by atoms with van der Waals surface area (Å²) in [5.74, 6) is 0.0147. The summed E-state index contributed by atoms with van der Waals surface area (Å²) in [6, 6.07) is 7.97. The number of sulfonamides is 1. The Morgan fingerprint density at radius 1 is 1.00 bits per heavy atom. The lowest BCUT2D eigenvalue weighted by atomic mass is 10.0. The highest BCUT2D eigenvalue weighted by Gasteiger charge is 2.35. The van der Waals surface area contributed by atoms with Gasteiger partial charge in [-0.15, -0.1) is 11.3 Å². The van der Waals surface area contributed by atoms with E-state index in [2.05, 4.69) is 16.8 Å². The standard InChI is InChI=1S/C26H38N4O4S2/c1-27-14-16-28(17-15-27)21-9-12-29(13-10-21)26(31)19-34-18-22-6-4-5-11-30(22)36(32,33)25-20-35-24-8-3-2-7-23(24)25/h2-3,7-8,20-22H,4-6,9-19H2,1H3. The molecule has 2 aromatic rings. The van der Waals surface area contributed by atoms with E-state index in [-0.39, 0.29) is 25.2 Å². The summed E-state index contributed by atoms with van der Waals surface area (Å²) in [7, 11) is -1.45. The molecule has 0 aliphatic carbocycles. The van der Waals surface area contributed by atoms with E-state index in [1.165, 1.54) is 11.3 Å². The van der Waals surface area contributed by atoms with Gasteiger partial charge in [-0.2, -0.15) is 4.31 Å². The number of carbonyl (C=O) groups excluding carboxylic acids is 1. The van der Waals surface area contributed by atoms with Gasteiger partial charge in [-0.1, -0.05) is 24.6 Å². The second-order valence-electron chi connectivity index (χ2n) is 10.3. The maximum absolute atomic E-state index is 13.6. The number of thiophene rings is 1. The minimum Gasteiger partial charge on any atom is -0.370 e. The van der Waals surface area contributed by atoms with Gasteiger partial charge in [-0.05, 0) is 38.8 Å². The molecule has 4 heterocycles. The number of piperidine rings is 2. The number of fused-ring (bicyclic) bond motifs is 1. The molecule has 1 atom stereocenters. The molecule has 0 bridgehead atoms. The molecular formula is C26H38N4O4S2. The third kappa shape index (κ3) is 5.63. The van der Waals surface area contributed by atoms with Crippen LogP contribution in [0, 0.1) is 0 Å². The molecule has 1 unspecified atom stereocenters. The molecule has 36 heavy (non-hydrogen) atoms. The van der Waals surface area contributed by atoms with Crippen molar-refractivity contribution in [2.45, 2.75) is 49.1 Å². The SMILES string of the molecule is CN1CCN(C2CCN(C(=O)COCC3CCCCN3S(=O)(=O)c3csc4ccccc34)CC2)CC1. The van der Waals surface area contributed by atoms with Crippen LogP contribution in [0.4, 0.5) is 0 Å². The summed E-state index contributed by atoms with van der Waals surface area (Å²) in [6.07, 6.45) is 4.60. The normalized spacial score (nSPS) is 23.9. The van der Waals surface area contributed by atoms with Crippen LogP contribution in [0.2, 0.25) is 0 Å². The van der Waals surface area contributed by atoms with Gasteiger partial charge in [-0.3, -0.25) is 9.69 Å². The van der Waals surface area contributed by atoms with Gasteiger partial charge in [0.1, 0.15) is 11.5 Å². The average Bonchev–Trinajstić information content (AvgIpc) is 3.35. The minimum absolute atomic E-state index is 0.0147. The Balaban J connectivity index is 1.13. The third-order valence-electron chi connectivity index (χ3n) is 8.01. The van der Waals surface area contributed by atoms with E-state index in [0.29, 0.717) is 17.5 Å². The van der Waals surface area contributed by atoms with Crippen LogP contribution >= 0.6 is 11.3 Å². The lowest BCUT2D eigenvalue weighted by molar-refractivity contribution is -0.138. The van der Waals surface area contributed by atoms with E-state index >= 15 is 0 Å². The molecule has 3 aliphatic rings. The van der Waals surface area contributed by atoms with Crippen molar-refractivity contribution in [1.82, 2.24) is 19.0 Å². The largest absolute Gasteiger partial charge is 0.370 e. The summed E-state index contributed by atoms with van der Waals surface area (Å²) in [6.45, 7) is 6.76. The molecule has 5 rings (SSSR count). The van der Waals surface area contributed by atoms with E-state index in [0.717, 1.165) is 81.5 Å². The molecule has 0 spiro atoms. The van der Waals surface area contributed by atoms with Gasteiger partial charge in [-0.25, -0.2) is 8.42 Å². The molecule has 10 heteroatoms. The van der Waals surface area contributed by atoms with Gasteiger partial charge in [0, 0.05) is 73.4 Å². The fraction of sp³-hybridized carbons (Fsp3) is 0.654. The van der Waals surface area contributed by atoms with E-state index in [1.807, 2.05) is 29.2 Å². The first kappa shape index (κ1) is 26.1. The molecule has 1 aromatic heterocycles. The first-order chi connectivity index (χ1) is 17.4. The molecule has 3 fully saturated rings. The topological polar surface area (TPSA) is 73.4 Å². The summed E-state index contributed by atoms with van der Waals surface area (Å²) in [5.41, 5.74) is 0. The van der Waals surface area contributed by atoms with Gasteiger partial charge < -0.3 is 14.5 Å². The van der Waals surface area contributed by atoms with Crippen LogP contribution in [0.3, 0.4) is 0 Å². The summed E-state index contributed by atoms with van der Waals surface area (Å²) >= 11 is 1.46. The Bertz CT molecular complexity index is 1140. The predicted molar refractivity (Wildman–Crippen MR) is 143 cm³/mol. The molecule has 1 aromatic carbocycles. The van der Waals surface area contributed by atoms with E-state index < -0.39 is 10.0 Å². The molecular weight excluding hydrogens is 496 g/mol. The van der Waals surface area contributed by atoms with Crippen molar-refractivity contribution in [3.05, 3.63) is 29.6 Å². The number of amides is 1. The van der Waals surface area contributed by atoms with Crippen LogP contribution in [-0.4, -0.2) is 111 Å². The summed E-state index contributed by atoms with van der Waals surface area (Å²) in [5, 5.41) is 2.53. The Hall–Kier alpha value is -1.56.